The fourth-order valence-corrected chi connectivity index (χ4v) is 3.61. The predicted octanol–water partition coefficient (Wildman–Crippen LogP) is 2.02. The van der Waals surface area contributed by atoms with Crippen LogP contribution >= 0.6 is 0 Å². The molecule has 0 fully saturated rings. The van der Waals surface area contributed by atoms with Crippen LogP contribution in [0.1, 0.15) is 22.5 Å². The van der Waals surface area contributed by atoms with E-state index in [0.717, 1.165) is 17.1 Å². The summed E-state index contributed by atoms with van der Waals surface area (Å²) in [5.41, 5.74) is 5.49. The van der Waals surface area contributed by atoms with E-state index in [2.05, 4.69) is 51.9 Å². The Labute approximate surface area is 161 Å². The smallest absolute Gasteiger partial charge is 0.329 e. The third kappa shape index (κ3) is 2.64. The lowest BCUT2D eigenvalue weighted by atomic mass is 10.1. The second-order valence-electron chi connectivity index (χ2n) is 7.29. The maximum Gasteiger partial charge on any atom is 0.329 e. The number of anilines is 1. The molecule has 2 N–H and O–H groups in total. The number of fused-ring (bicyclic) bond motifs is 3. The summed E-state index contributed by atoms with van der Waals surface area (Å²) in [7, 11) is 1.61. The molecule has 0 aliphatic heterocycles. The van der Waals surface area contributed by atoms with Gasteiger partial charge in [0.15, 0.2) is 11.2 Å². The van der Waals surface area contributed by atoms with E-state index in [1.165, 1.54) is 15.7 Å². The zero-order valence-corrected chi connectivity index (χ0v) is 16.8. The molecule has 4 rings (SSSR count). The van der Waals surface area contributed by atoms with E-state index in [-0.39, 0.29) is 0 Å². The zero-order valence-electron chi connectivity index (χ0n) is 16.8. The molecule has 4 aromatic rings. The van der Waals surface area contributed by atoms with Crippen LogP contribution in [0.25, 0.3) is 16.9 Å². The molecule has 0 saturated heterocycles. The first-order valence-corrected chi connectivity index (χ1v) is 9.28. The van der Waals surface area contributed by atoms with Crippen molar-refractivity contribution in [3.8, 4) is 0 Å². The van der Waals surface area contributed by atoms with E-state index in [9.17, 15) is 9.59 Å². The number of aromatic amines is 1. The molecule has 146 valence electrons. The predicted molar refractivity (Wildman–Crippen MR) is 110 cm³/mol. The van der Waals surface area contributed by atoms with Crippen molar-refractivity contribution in [3.05, 3.63) is 61.6 Å². The van der Waals surface area contributed by atoms with Gasteiger partial charge in [0.25, 0.3) is 5.56 Å². The van der Waals surface area contributed by atoms with Crippen LogP contribution < -0.4 is 16.6 Å². The largest absolute Gasteiger partial charge is 0.383 e. The third-order valence-corrected chi connectivity index (χ3v) is 5.58. The summed E-state index contributed by atoms with van der Waals surface area (Å²) < 4.78 is 5.28. The summed E-state index contributed by atoms with van der Waals surface area (Å²) in [6.45, 7) is 9.57. The minimum Gasteiger partial charge on any atom is -0.383 e. The number of benzene rings is 1. The molecule has 3 heterocycles. The van der Waals surface area contributed by atoms with Crippen molar-refractivity contribution in [3.63, 3.8) is 0 Å². The molecule has 8 nitrogen and oxygen atoms in total. The Balaban J connectivity index is 1.74. The van der Waals surface area contributed by atoms with Crippen molar-refractivity contribution >= 4 is 22.6 Å². The first kappa shape index (κ1) is 18.1. The monoisotopic (exact) mass is 380 g/mol. The lowest BCUT2D eigenvalue weighted by molar-refractivity contribution is 0.722. The van der Waals surface area contributed by atoms with Crippen LogP contribution in [0.15, 0.2) is 27.8 Å². The van der Waals surface area contributed by atoms with E-state index in [1.54, 1.807) is 7.05 Å². The van der Waals surface area contributed by atoms with Crippen LogP contribution in [-0.2, 0) is 13.6 Å². The summed E-state index contributed by atoms with van der Waals surface area (Å²) in [5, 5.41) is 3.45. The molecule has 0 aliphatic rings. The lowest BCUT2D eigenvalue weighted by Gasteiger charge is -2.10. The van der Waals surface area contributed by atoms with Gasteiger partial charge < -0.3 is 9.88 Å². The SMILES string of the molecule is Cc1ccc(NCCn2c(C)c(C)n3c4c(=O)[nH]c(=O)n(C)c4nc23)cc1C. The number of rotatable bonds is 4. The van der Waals surface area contributed by atoms with Gasteiger partial charge >= 0.3 is 5.69 Å². The number of aromatic nitrogens is 5. The van der Waals surface area contributed by atoms with Crippen LogP contribution in [0, 0.1) is 27.7 Å². The first-order valence-electron chi connectivity index (χ1n) is 9.28. The van der Waals surface area contributed by atoms with Gasteiger partial charge in [-0.25, -0.2) is 4.79 Å². The van der Waals surface area contributed by atoms with Crippen LogP contribution in [0.5, 0.6) is 0 Å². The zero-order chi connectivity index (χ0) is 20.2. The minimum absolute atomic E-state index is 0.391. The molecule has 0 unspecified atom stereocenters. The number of hydrogen-bond donors (Lipinski definition) is 2. The van der Waals surface area contributed by atoms with Crippen LogP contribution in [0.4, 0.5) is 5.69 Å². The van der Waals surface area contributed by atoms with Crippen molar-refractivity contribution in [1.82, 2.24) is 23.5 Å². The van der Waals surface area contributed by atoms with Crippen molar-refractivity contribution in [2.24, 2.45) is 7.05 Å². The van der Waals surface area contributed by atoms with E-state index in [0.29, 0.717) is 30.0 Å². The molecule has 0 atom stereocenters. The highest BCUT2D eigenvalue weighted by Gasteiger charge is 2.20. The highest BCUT2D eigenvalue weighted by Crippen LogP contribution is 2.20. The van der Waals surface area contributed by atoms with Gasteiger partial charge in [-0.2, -0.15) is 4.98 Å². The summed E-state index contributed by atoms with van der Waals surface area (Å²) in [5.74, 6) is 0.665. The number of nitrogens with zero attached hydrogens (tertiary/aromatic N) is 4. The van der Waals surface area contributed by atoms with Crippen LogP contribution in [-0.4, -0.2) is 30.0 Å². The Morgan fingerprint density at radius 1 is 1.07 bits per heavy atom. The summed E-state index contributed by atoms with van der Waals surface area (Å²) in [4.78, 5) is 31.3. The average molecular weight is 380 g/mol. The highest BCUT2D eigenvalue weighted by molar-refractivity contribution is 5.76. The molecule has 3 aromatic heterocycles. The fraction of sp³-hybridized carbons (Fsp3) is 0.350. The van der Waals surface area contributed by atoms with Gasteiger partial charge in [0.1, 0.15) is 0 Å². The molecule has 0 saturated carbocycles. The van der Waals surface area contributed by atoms with Crippen LogP contribution in [0.2, 0.25) is 0 Å². The Morgan fingerprint density at radius 3 is 2.54 bits per heavy atom. The second-order valence-corrected chi connectivity index (χ2v) is 7.29. The van der Waals surface area contributed by atoms with Gasteiger partial charge in [-0.15, -0.1) is 0 Å². The molecular weight excluding hydrogens is 356 g/mol. The standard InChI is InChI=1S/C20H24N6O2/c1-11-6-7-15(10-12(11)2)21-8-9-25-13(3)14(4)26-16-17(22-19(25)26)24(5)20(28)23-18(16)27/h6-7,10,21H,8-9H2,1-5H3,(H,23,27,28). The number of nitrogens with one attached hydrogen (secondary N) is 2. The van der Waals surface area contributed by atoms with E-state index >= 15 is 0 Å². The van der Waals surface area contributed by atoms with Gasteiger partial charge in [-0.3, -0.25) is 18.7 Å². The van der Waals surface area contributed by atoms with E-state index in [1.807, 2.05) is 18.2 Å². The molecule has 1 aromatic carbocycles. The summed E-state index contributed by atoms with van der Waals surface area (Å²) in [6, 6.07) is 6.32. The molecule has 0 radical (unpaired) electrons. The Kier molecular flexibility index (Phi) is 4.14. The van der Waals surface area contributed by atoms with Crippen molar-refractivity contribution < 1.29 is 0 Å². The van der Waals surface area contributed by atoms with Crippen molar-refractivity contribution in [2.75, 3.05) is 11.9 Å². The Bertz CT molecular complexity index is 1340. The number of H-pyrrole nitrogens is 1. The van der Waals surface area contributed by atoms with Crippen molar-refractivity contribution in [2.45, 2.75) is 34.2 Å². The van der Waals surface area contributed by atoms with E-state index < -0.39 is 11.2 Å². The second kappa shape index (κ2) is 6.40. The maximum absolute atomic E-state index is 12.4. The Morgan fingerprint density at radius 2 is 1.82 bits per heavy atom. The van der Waals surface area contributed by atoms with Crippen molar-refractivity contribution in [1.29, 1.82) is 0 Å². The first-order chi connectivity index (χ1) is 13.3. The number of imidazole rings is 2. The molecule has 8 heteroatoms. The minimum atomic E-state index is -0.462. The Hall–Kier alpha value is -3.29. The van der Waals surface area contributed by atoms with Gasteiger partial charge in [0.2, 0.25) is 5.78 Å². The average Bonchev–Trinajstić information content (AvgIpc) is 3.15. The quantitative estimate of drug-likeness (QED) is 0.567. The summed E-state index contributed by atoms with van der Waals surface area (Å²) >= 11 is 0. The van der Waals surface area contributed by atoms with Gasteiger partial charge in [-0.05, 0) is 51.0 Å². The normalized spacial score (nSPS) is 11.6. The number of aryl methyl sites for hydroxylation is 4. The van der Waals surface area contributed by atoms with Gasteiger partial charge in [-0.1, -0.05) is 6.07 Å². The molecule has 28 heavy (non-hydrogen) atoms. The molecule has 0 bridgehead atoms. The molecule has 0 aliphatic carbocycles. The highest BCUT2D eigenvalue weighted by atomic mass is 16.2. The van der Waals surface area contributed by atoms with Gasteiger partial charge in [0.05, 0.1) is 0 Å². The van der Waals surface area contributed by atoms with Crippen LogP contribution in [0.3, 0.4) is 0 Å². The van der Waals surface area contributed by atoms with E-state index in [4.69, 9.17) is 0 Å². The maximum atomic E-state index is 12.4. The third-order valence-electron chi connectivity index (χ3n) is 5.58. The fourth-order valence-electron chi connectivity index (χ4n) is 3.61. The number of hydrogen-bond acceptors (Lipinski definition) is 4. The lowest BCUT2D eigenvalue weighted by Crippen LogP contribution is -2.28. The molecule has 0 amide bonds. The summed E-state index contributed by atoms with van der Waals surface area (Å²) in [6.07, 6.45) is 0. The van der Waals surface area contributed by atoms with Gasteiger partial charge in [0, 0.05) is 37.2 Å². The molecular formula is C20H24N6O2. The topological polar surface area (TPSA) is 89.1 Å². The molecule has 0 spiro atoms.